The highest BCUT2D eigenvalue weighted by Gasteiger charge is 2.15. The Hall–Kier alpha value is -1.75. The Morgan fingerprint density at radius 2 is 2.41 bits per heavy atom. The maximum absolute atomic E-state index is 11.5. The number of benzene rings is 1. The van der Waals surface area contributed by atoms with E-state index >= 15 is 0 Å². The minimum absolute atomic E-state index is 0.165. The molecular formula is C12H17N3O2. The number of hydrogen-bond donors (Lipinski definition) is 4. The van der Waals surface area contributed by atoms with Gasteiger partial charge in [-0.25, -0.2) is 4.79 Å². The van der Waals surface area contributed by atoms with Crippen LogP contribution in [0.1, 0.15) is 12.0 Å². The van der Waals surface area contributed by atoms with Crippen LogP contribution in [0.15, 0.2) is 24.3 Å². The summed E-state index contributed by atoms with van der Waals surface area (Å²) < 4.78 is 0. The van der Waals surface area contributed by atoms with Gasteiger partial charge in [-0.3, -0.25) is 0 Å². The van der Waals surface area contributed by atoms with E-state index in [4.69, 9.17) is 0 Å². The maximum Gasteiger partial charge on any atom is 0.315 e. The van der Waals surface area contributed by atoms with Crippen molar-refractivity contribution in [1.82, 2.24) is 16.0 Å². The molecule has 0 spiro atoms. The van der Waals surface area contributed by atoms with Gasteiger partial charge in [0.05, 0.1) is 0 Å². The van der Waals surface area contributed by atoms with E-state index in [2.05, 4.69) is 16.0 Å². The number of aromatic hydroxyl groups is 1. The molecule has 1 atom stereocenters. The first-order valence-electron chi connectivity index (χ1n) is 5.77. The third-order valence-electron chi connectivity index (χ3n) is 2.76. The van der Waals surface area contributed by atoms with E-state index in [1.54, 1.807) is 18.2 Å². The van der Waals surface area contributed by atoms with Crippen molar-refractivity contribution in [3.8, 4) is 5.75 Å². The molecule has 2 amide bonds. The summed E-state index contributed by atoms with van der Waals surface area (Å²) in [4.78, 5) is 11.5. The summed E-state index contributed by atoms with van der Waals surface area (Å²) in [5, 5.41) is 18.1. The van der Waals surface area contributed by atoms with Gasteiger partial charge in [0.25, 0.3) is 0 Å². The number of hydrogen-bond acceptors (Lipinski definition) is 3. The monoisotopic (exact) mass is 235 g/mol. The largest absolute Gasteiger partial charge is 0.508 e. The number of rotatable bonds is 3. The Labute approximate surface area is 100 Å². The molecule has 0 saturated carbocycles. The van der Waals surface area contributed by atoms with Crippen LogP contribution in [0.2, 0.25) is 0 Å². The van der Waals surface area contributed by atoms with E-state index < -0.39 is 0 Å². The summed E-state index contributed by atoms with van der Waals surface area (Å²) in [5.74, 6) is 0.213. The molecule has 2 rings (SSSR count). The molecule has 5 heteroatoms. The number of carbonyl (C=O) groups is 1. The lowest BCUT2D eigenvalue weighted by Crippen LogP contribution is -2.42. The van der Waals surface area contributed by atoms with Crippen molar-refractivity contribution in [3.05, 3.63) is 29.8 Å². The lowest BCUT2D eigenvalue weighted by atomic mass is 10.2. The molecule has 1 aromatic rings. The van der Waals surface area contributed by atoms with Gasteiger partial charge in [-0.2, -0.15) is 0 Å². The van der Waals surface area contributed by atoms with Crippen molar-refractivity contribution in [1.29, 1.82) is 0 Å². The van der Waals surface area contributed by atoms with E-state index in [0.29, 0.717) is 6.54 Å². The van der Waals surface area contributed by atoms with Crippen molar-refractivity contribution < 1.29 is 9.90 Å². The first-order chi connectivity index (χ1) is 8.24. The molecule has 17 heavy (non-hydrogen) atoms. The van der Waals surface area contributed by atoms with Crippen LogP contribution in [0.4, 0.5) is 4.79 Å². The second-order valence-corrected chi connectivity index (χ2v) is 4.19. The van der Waals surface area contributed by atoms with E-state index in [1.165, 1.54) is 0 Å². The van der Waals surface area contributed by atoms with Crippen molar-refractivity contribution in [3.63, 3.8) is 0 Å². The fourth-order valence-corrected chi connectivity index (χ4v) is 1.86. The van der Waals surface area contributed by atoms with Crippen LogP contribution in [0.25, 0.3) is 0 Å². The van der Waals surface area contributed by atoms with Crippen molar-refractivity contribution in [2.24, 2.45) is 0 Å². The van der Waals surface area contributed by atoms with Crippen molar-refractivity contribution >= 4 is 6.03 Å². The minimum Gasteiger partial charge on any atom is -0.508 e. The fourth-order valence-electron chi connectivity index (χ4n) is 1.86. The van der Waals surface area contributed by atoms with E-state index in [0.717, 1.165) is 25.1 Å². The predicted octanol–water partition coefficient (Wildman–Crippen LogP) is 0.553. The van der Waals surface area contributed by atoms with E-state index in [1.807, 2.05) is 6.07 Å². The molecule has 1 fully saturated rings. The number of nitrogens with one attached hydrogen (secondary N) is 3. The molecule has 5 nitrogen and oxygen atoms in total. The highest BCUT2D eigenvalue weighted by atomic mass is 16.3. The number of urea groups is 1. The second kappa shape index (κ2) is 5.54. The molecule has 1 aliphatic rings. The molecule has 0 aliphatic carbocycles. The van der Waals surface area contributed by atoms with Crippen LogP contribution < -0.4 is 16.0 Å². The Kier molecular flexibility index (Phi) is 3.82. The molecule has 4 N–H and O–H groups in total. The van der Waals surface area contributed by atoms with Gasteiger partial charge in [0.15, 0.2) is 0 Å². The van der Waals surface area contributed by atoms with Crippen LogP contribution in [-0.4, -0.2) is 30.3 Å². The molecule has 1 heterocycles. The van der Waals surface area contributed by atoms with E-state index in [9.17, 15) is 9.90 Å². The molecular weight excluding hydrogens is 218 g/mol. The Morgan fingerprint density at radius 1 is 1.53 bits per heavy atom. The van der Waals surface area contributed by atoms with Gasteiger partial charge in [0, 0.05) is 19.1 Å². The lowest BCUT2D eigenvalue weighted by Gasteiger charge is -2.12. The number of carbonyl (C=O) groups excluding carboxylic acids is 1. The van der Waals surface area contributed by atoms with Gasteiger partial charge >= 0.3 is 6.03 Å². The van der Waals surface area contributed by atoms with E-state index in [-0.39, 0.29) is 17.8 Å². The first kappa shape index (κ1) is 11.7. The maximum atomic E-state index is 11.5. The second-order valence-electron chi connectivity index (χ2n) is 4.19. The molecule has 0 radical (unpaired) electrons. The first-order valence-corrected chi connectivity index (χ1v) is 5.77. The predicted molar refractivity (Wildman–Crippen MR) is 64.8 cm³/mol. The highest BCUT2D eigenvalue weighted by Crippen LogP contribution is 2.10. The molecule has 1 saturated heterocycles. The van der Waals surface area contributed by atoms with Gasteiger partial charge < -0.3 is 21.1 Å². The molecule has 1 aliphatic heterocycles. The fraction of sp³-hybridized carbons (Fsp3) is 0.417. The summed E-state index contributed by atoms with van der Waals surface area (Å²) >= 11 is 0. The minimum atomic E-state index is -0.165. The number of phenolic OH excluding ortho intramolecular Hbond substituents is 1. The van der Waals surface area contributed by atoms with Crippen LogP contribution in [0.5, 0.6) is 5.75 Å². The summed E-state index contributed by atoms with van der Waals surface area (Å²) in [6.45, 7) is 2.21. The SMILES string of the molecule is O=C(NCc1cccc(O)c1)NC1CCNC1. The summed E-state index contributed by atoms with van der Waals surface area (Å²) in [6, 6.07) is 6.91. The standard InChI is InChI=1S/C12H17N3O2/c16-11-3-1-2-9(6-11)7-14-12(17)15-10-4-5-13-8-10/h1-3,6,10,13,16H,4-5,7-8H2,(H2,14,15,17). The smallest absolute Gasteiger partial charge is 0.315 e. The molecule has 1 unspecified atom stereocenters. The normalized spacial score (nSPS) is 18.9. The van der Waals surface area contributed by atoms with Crippen LogP contribution in [0, 0.1) is 0 Å². The topological polar surface area (TPSA) is 73.4 Å². The zero-order chi connectivity index (χ0) is 12.1. The average molecular weight is 235 g/mol. The van der Waals surface area contributed by atoms with Crippen molar-refractivity contribution in [2.45, 2.75) is 19.0 Å². The average Bonchev–Trinajstić information content (AvgIpc) is 2.79. The van der Waals surface area contributed by atoms with Gasteiger partial charge in [0.1, 0.15) is 5.75 Å². The molecule has 1 aromatic carbocycles. The zero-order valence-electron chi connectivity index (χ0n) is 9.57. The number of amides is 2. The third kappa shape index (κ3) is 3.64. The quantitative estimate of drug-likeness (QED) is 0.618. The zero-order valence-corrected chi connectivity index (χ0v) is 9.57. The van der Waals surface area contributed by atoms with Gasteiger partial charge in [-0.1, -0.05) is 12.1 Å². The molecule has 0 aromatic heterocycles. The Balaban J connectivity index is 1.75. The molecule has 0 bridgehead atoms. The lowest BCUT2D eigenvalue weighted by molar-refractivity contribution is 0.237. The van der Waals surface area contributed by atoms with Crippen LogP contribution >= 0.6 is 0 Å². The van der Waals surface area contributed by atoms with Crippen LogP contribution in [0.3, 0.4) is 0 Å². The summed E-state index contributed by atoms with van der Waals surface area (Å²) in [5.41, 5.74) is 0.879. The van der Waals surface area contributed by atoms with Gasteiger partial charge in [0.2, 0.25) is 0 Å². The summed E-state index contributed by atoms with van der Waals surface area (Å²) in [7, 11) is 0. The molecule has 92 valence electrons. The highest BCUT2D eigenvalue weighted by molar-refractivity contribution is 5.74. The number of phenols is 1. The Morgan fingerprint density at radius 3 is 3.12 bits per heavy atom. The summed E-state index contributed by atoms with van der Waals surface area (Å²) in [6.07, 6.45) is 0.972. The third-order valence-corrected chi connectivity index (χ3v) is 2.76. The van der Waals surface area contributed by atoms with Crippen molar-refractivity contribution in [2.75, 3.05) is 13.1 Å². The van der Waals surface area contributed by atoms with Crippen LogP contribution in [-0.2, 0) is 6.54 Å². The van der Waals surface area contributed by atoms with Gasteiger partial charge in [-0.05, 0) is 30.7 Å². The van der Waals surface area contributed by atoms with Gasteiger partial charge in [-0.15, -0.1) is 0 Å². The Bertz CT molecular complexity index is 389.